The maximum absolute atomic E-state index is 12.2. The van der Waals surface area contributed by atoms with E-state index in [1.807, 2.05) is 42.5 Å². The molecule has 2 amide bonds. The van der Waals surface area contributed by atoms with Gasteiger partial charge in [0.05, 0.1) is 5.92 Å². The molecule has 122 valence electrons. The van der Waals surface area contributed by atoms with Gasteiger partial charge in [-0.3, -0.25) is 9.59 Å². The zero-order valence-corrected chi connectivity index (χ0v) is 13.4. The molecule has 0 spiro atoms. The minimum atomic E-state index is -0.329. The summed E-state index contributed by atoms with van der Waals surface area (Å²) in [5, 5.41) is 0. The number of carbonyl (C=O) groups is 2. The molecule has 4 nitrogen and oxygen atoms in total. The highest BCUT2D eigenvalue weighted by atomic mass is 16.2. The average Bonchev–Trinajstić information content (AvgIpc) is 3.11. The molecule has 3 rings (SSSR count). The van der Waals surface area contributed by atoms with Crippen molar-refractivity contribution < 1.29 is 9.59 Å². The minimum Gasteiger partial charge on any atom is -0.369 e. The van der Waals surface area contributed by atoms with Gasteiger partial charge >= 0.3 is 0 Å². The molecule has 0 saturated carbocycles. The number of amides is 2. The highest BCUT2D eigenvalue weighted by Gasteiger charge is 2.28. The third-order valence-corrected chi connectivity index (χ3v) is 4.31. The van der Waals surface area contributed by atoms with Crippen LogP contribution in [-0.4, -0.2) is 29.8 Å². The molecule has 24 heavy (non-hydrogen) atoms. The van der Waals surface area contributed by atoms with Gasteiger partial charge in [-0.2, -0.15) is 0 Å². The summed E-state index contributed by atoms with van der Waals surface area (Å²) in [6, 6.07) is 18.2. The maximum atomic E-state index is 12.2. The number of likely N-dealkylation sites (tertiary alicyclic amines) is 1. The van der Waals surface area contributed by atoms with Crippen molar-refractivity contribution in [3.05, 3.63) is 66.2 Å². The van der Waals surface area contributed by atoms with Crippen molar-refractivity contribution in [2.75, 3.05) is 13.1 Å². The quantitative estimate of drug-likeness (QED) is 0.880. The van der Waals surface area contributed by atoms with E-state index in [9.17, 15) is 9.59 Å². The molecular formula is C20H20N2O2. The van der Waals surface area contributed by atoms with E-state index in [2.05, 4.69) is 18.2 Å². The van der Waals surface area contributed by atoms with Gasteiger partial charge in [-0.25, -0.2) is 0 Å². The number of primary amides is 1. The van der Waals surface area contributed by atoms with Crippen LogP contribution in [0.3, 0.4) is 0 Å². The molecule has 2 aromatic carbocycles. The second-order valence-corrected chi connectivity index (χ2v) is 6.00. The standard InChI is InChI=1S/C20H20N2O2/c21-20(24)18-11-12-22(14-18)19(23)10-9-15-5-4-8-17(13-15)16-6-2-1-3-7-16/h1-10,13,18H,11-12,14H2,(H2,21,24)/b10-9-/t18-/m0/s1. The summed E-state index contributed by atoms with van der Waals surface area (Å²) in [7, 11) is 0. The van der Waals surface area contributed by atoms with Crippen molar-refractivity contribution in [3.8, 4) is 11.1 Å². The van der Waals surface area contributed by atoms with Gasteiger partial charge in [-0.1, -0.05) is 48.5 Å². The van der Waals surface area contributed by atoms with Gasteiger partial charge in [0, 0.05) is 19.2 Å². The highest BCUT2D eigenvalue weighted by molar-refractivity contribution is 5.92. The monoisotopic (exact) mass is 320 g/mol. The van der Waals surface area contributed by atoms with Crippen LogP contribution in [0.2, 0.25) is 0 Å². The van der Waals surface area contributed by atoms with Gasteiger partial charge in [0.2, 0.25) is 11.8 Å². The molecule has 0 aliphatic carbocycles. The molecule has 0 bridgehead atoms. The SMILES string of the molecule is NC(=O)[C@H]1CCN(C(=O)/C=C\c2cccc(-c3ccccc3)c2)C1. The van der Waals surface area contributed by atoms with Gasteiger partial charge in [0.25, 0.3) is 0 Å². The Morgan fingerprint density at radius 3 is 2.50 bits per heavy atom. The van der Waals surface area contributed by atoms with E-state index in [1.165, 1.54) is 0 Å². The van der Waals surface area contributed by atoms with Crippen molar-refractivity contribution in [1.82, 2.24) is 4.90 Å². The molecule has 4 heteroatoms. The Balaban J connectivity index is 1.69. The summed E-state index contributed by atoms with van der Waals surface area (Å²) in [6.45, 7) is 1.00. The molecule has 1 atom stereocenters. The van der Waals surface area contributed by atoms with Crippen molar-refractivity contribution in [1.29, 1.82) is 0 Å². The van der Waals surface area contributed by atoms with Crippen LogP contribution >= 0.6 is 0 Å². The van der Waals surface area contributed by atoms with Crippen LogP contribution < -0.4 is 5.73 Å². The first-order chi connectivity index (χ1) is 11.6. The molecule has 1 fully saturated rings. The first-order valence-corrected chi connectivity index (χ1v) is 8.05. The predicted octanol–water partition coefficient (Wildman–Crippen LogP) is 2.70. The lowest BCUT2D eigenvalue weighted by Gasteiger charge is -2.13. The summed E-state index contributed by atoms with van der Waals surface area (Å²) in [5.74, 6) is -0.627. The van der Waals surface area contributed by atoms with E-state index in [0.29, 0.717) is 19.5 Å². The molecule has 1 aliphatic heterocycles. The molecule has 0 unspecified atom stereocenters. The number of rotatable bonds is 4. The van der Waals surface area contributed by atoms with Gasteiger partial charge < -0.3 is 10.6 Å². The number of hydrogen-bond acceptors (Lipinski definition) is 2. The lowest BCUT2D eigenvalue weighted by atomic mass is 10.0. The predicted molar refractivity (Wildman–Crippen MR) is 94.8 cm³/mol. The van der Waals surface area contributed by atoms with Crippen LogP contribution in [0.25, 0.3) is 17.2 Å². The molecule has 0 radical (unpaired) electrons. The highest BCUT2D eigenvalue weighted by Crippen LogP contribution is 2.21. The first kappa shape index (κ1) is 16.0. The van der Waals surface area contributed by atoms with Gasteiger partial charge in [0.1, 0.15) is 0 Å². The Morgan fingerprint density at radius 2 is 1.79 bits per heavy atom. The van der Waals surface area contributed by atoms with E-state index < -0.39 is 0 Å². The molecule has 1 saturated heterocycles. The topological polar surface area (TPSA) is 63.4 Å². The number of nitrogens with two attached hydrogens (primary N) is 1. The summed E-state index contributed by atoms with van der Waals surface area (Å²) in [6.07, 6.45) is 4.03. The Bertz CT molecular complexity index is 768. The van der Waals surface area contributed by atoms with Crippen molar-refractivity contribution >= 4 is 17.9 Å². The zero-order valence-electron chi connectivity index (χ0n) is 13.4. The van der Waals surface area contributed by atoms with E-state index >= 15 is 0 Å². The number of hydrogen-bond donors (Lipinski definition) is 1. The minimum absolute atomic E-state index is 0.0798. The van der Waals surface area contributed by atoms with E-state index in [-0.39, 0.29) is 17.7 Å². The first-order valence-electron chi connectivity index (χ1n) is 8.05. The fourth-order valence-corrected chi connectivity index (χ4v) is 2.92. The Kier molecular flexibility index (Phi) is 4.75. The molecular weight excluding hydrogens is 300 g/mol. The lowest BCUT2D eigenvalue weighted by molar-refractivity contribution is -0.125. The van der Waals surface area contributed by atoms with Gasteiger partial charge in [0.15, 0.2) is 0 Å². The Hall–Kier alpha value is -2.88. The zero-order chi connectivity index (χ0) is 16.9. The lowest BCUT2D eigenvalue weighted by Crippen LogP contribution is -2.30. The molecule has 0 aromatic heterocycles. The van der Waals surface area contributed by atoms with Crippen LogP contribution in [-0.2, 0) is 9.59 Å². The normalized spacial score (nSPS) is 17.3. The third kappa shape index (κ3) is 3.71. The maximum Gasteiger partial charge on any atom is 0.246 e. The van der Waals surface area contributed by atoms with E-state index in [0.717, 1.165) is 16.7 Å². The smallest absolute Gasteiger partial charge is 0.246 e. The fraction of sp³-hybridized carbons (Fsp3) is 0.200. The Labute approximate surface area is 141 Å². The molecule has 2 aromatic rings. The fourth-order valence-electron chi connectivity index (χ4n) is 2.92. The van der Waals surface area contributed by atoms with Crippen molar-refractivity contribution in [3.63, 3.8) is 0 Å². The van der Waals surface area contributed by atoms with Crippen LogP contribution in [0.4, 0.5) is 0 Å². The van der Waals surface area contributed by atoms with Gasteiger partial charge in [-0.15, -0.1) is 0 Å². The summed E-state index contributed by atoms with van der Waals surface area (Å²) in [5.41, 5.74) is 8.52. The summed E-state index contributed by atoms with van der Waals surface area (Å²) < 4.78 is 0. The van der Waals surface area contributed by atoms with Crippen LogP contribution in [0.1, 0.15) is 12.0 Å². The van der Waals surface area contributed by atoms with Gasteiger partial charge in [-0.05, 0) is 35.3 Å². The average molecular weight is 320 g/mol. The van der Waals surface area contributed by atoms with Crippen LogP contribution in [0, 0.1) is 5.92 Å². The summed E-state index contributed by atoms with van der Waals surface area (Å²) >= 11 is 0. The third-order valence-electron chi connectivity index (χ3n) is 4.31. The number of carbonyl (C=O) groups excluding carboxylic acids is 2. The number of benzene rings is 2. The van der Waals surface area contributed by atoms with Crippen molar-refractivity contribution in [2.45, 2.75) is 6.42 Å². The van der Waals surface area contributed by atoms with E-state index in [4.69, 9.17) is 5.73 Å². The largest absolute Gasteiger partial charge is 0.369 e. The molecule has 1 aliphatic rings. The van der Waals surface area contributed by atoms with Crippen LogP contribution in [0.5, 0.6) is 0 Å². The van der Waals surface area contributed by atoms with Crippen molar-refractivity contribution in [2.24, 2.45) is 11.7 Å². The molecule has 2 N–H and O–H groups in total. The van der Waals surface area contributed by atoms with Crippen LogP contribution in [0.15, 0.2) is 60.7 Å². The second kappa shape index (κ2) is 7.13. The second-order valence-electron chi connectivity index (χ2n) is 6.00. The summed E-state index contributed by atoms with van der Waals surface area (Å²) in [4.78, 5) is 25.1. The Morgan fingerprint density at radius 1 is 1.04 bits per heavy atom. The van der Waals surface area contributed by atoms with E-state index in [1.54, 1.807) is 11.0 Å². The number of nitrogens with zero attached hydrogens (tertiary/aromatic N) is 1. The molecule has 1 heterocycles.